The van der Waals surface area contributed by atoms with E-state index in [1.807, 2.05) is 24.1 Å². The molecule has 0 amide bonds. The summed E-state index contributed by atoms with van der Waals surface area (Å²) >= 11 is 0. The van der Waals surface area contributed by atoms with Gasteiger partial charge in [0.15, 0.2) is 0 Å². The number of alkyl halides is 3. The summed E-state index contributed by atoms with van der Waals surface area (Å²) in [5.74, 6) is 0.668. The van der Waals surface area contributed by atoms with Crippen molar-refractivity contribution in [2.45, 2.75) is 36.8 Å². The number of sulfonamides is 1. The number of halogens is 3. The molecule has 0 radical (unpaired) electrons. The molecule has 0 spiro atoms. The number of aliphatic hydroxyl groups is 1. The summed E-state index contributed by atoms with van der Waals surface area (Å²) < 4.78 is 70.6. The Morgan fingerprint density at radius 2 is 1.67 bits per heavy atom. The Kier molecular flexibility index (Phi) is 10.8. The molecule has 1 aliphatic rings. The predicted molar refractivity (Wildman–Crippen MR) is 121 cm³/mol. The largest absolute Gasteiger partial charge is 0.416 e. The second-order valence-electron chi connectivity index (χ2n) is 8.69. The lowest BCUT2D eigenvalue weighted by molar-refractivity contribution is -0.137. The second-order valence-corrected chi connectivity index (χ2v) is 10.7. The molecule has 0 aromatic heterocycles. The van der Waals surface area contributed by atoms with Crippen LogP contribution in [0.2, 0.25) is 0 Å². The first-order chi connectivity index (χ1) is 15.5. The third-order valence-electron chi connectivity index (χ3n) is 6.00. The molecule has 1 aromatic rings. The summed E-state index contributed by atoms with van der Waals surface area (Å²) in [5.41, 5.74) is -0.867. The Morgan fingerprint density at radius 1 is 1.06 bits per heavy atom. The van der Waals surface area contributed by atoms with Gasteiger partial charge in [-0.2, -0.15) is 13.2 Å². The van der Waals surface area contributed by atoms with Crippen molar-refractivity contribution in [1.29, 1.82) is 0 Å². The van der Waals surface area contributed by atoms with E-state index in [1.165, 1.54) is 11.4 Å². The molecule has 0 heterocycles. The van der Waals surface area contributed by atoms with E-state index >= 15 is 0 Å². The van der Waals surface area contributed by atoms with E-state index in [0.29, 0.717) is 32.2 Å². The van der Waals surface area contributed by atoms with Gasteiger partial charge in [0.05, 0.1) is 23.7 Å². The molecule has 10 heteroatoms. The van der Waals surface area contributed by atoms with Gasteiger partial charge in [0.2, 0.25) is 10.0 Å². The van der Waals surface area contributed by atoms with Crippen molar-refractivity contribution in [1.82, 2.24) is 9.21 Å². The molecule has 0 saturated heterocycles. The van der Waals surface area contributed by atoms with Gasteiger partial charge in [0.25, 0.3) is 0 Å². The van der Waals surface area contributed by atoms with Gasteiger partial charge in [0, 0.05) is 33.3 Å². The van der Waals surface area contributed by atoms with E-state index in [1.54, 1.807) is 0 Å². The number of likely N-dealkylation sites (N-methyl/N-ethyl adjacent to an activating group) is 1. The molecular formula is C23H35F3N2O4S. The summed E-state index contributed by atoms with van der Waals surface area (Å²) in [7, 11) is -0.416. The van der Waals surface area contributed by atoms with Crippen LogP contribution in [-0.4, -0.2) is 76.3 Å². The topological polar surface area (TPSA) is 70.1 Å². The van der Waals surface area contributed by atoms with Crippen molar-refractivity contribution in [3.05, 3.63) is 42.0 Å². The zero-order chi connectivity index (χ0) is 24.5. The molecule has 2 rings (SSSR count). The third-order valence-corrected chi connectivity index (χ3v) is 7.84. The molecule has 1 aliphatic carbocycles. The zero-order valence-corrected chi connectivity index (χ0v) is 20.1. The highest BCUT2D eigenvalue weighted by Gasteiger charge is 2.32. The van der Waals surface area contributed by atoms with E-state index in [9.17, 15) is 21.6 Å². The normalized spacial score (nSPS) is 20.2. The lowest BCUT2D eigenvalue weighted by Crippen LogP contribution is -2.34. The van der Waals surface area contributed by atoms with Crippen molar-refractivity contribution in [3.8, 4) is 0 Å². The molecular weight excluding hydrogens is 457 g/mol. The van der Waals surface area contributed by atoms with E-state index in [2.05, 4.69) is 0 Å². The van der Waals surface area contributed by atoms with E-state index in [4.69, 9.17) is 9.84 Å². The van der Waals surface area contributed by atoms with Crippen molar-refractivity contribution in [3.63, 3.8) is 0 Å². The maximum absolute atomic E-state index is 12.7. The highest BCUT2D eigenvalue weighted by Crippen LogP contribution is 2.32. The Morgan fingerprint density at radius 3 is 2.24 bits per heavy atom. The van der Waals surface area contributed by atoms with Gasteiger partial charge in [-0.15, -0.1) is 0 Å². The summed E-state index contributed by atoms with van der Waals surface area (Å²) in [6.07, 6.45) is 3.19. The van der Waals surface area contributed by atoms with Crippen LogP contribution in [0.4, 0.5) is 13.2 Å². The molecule has 33 heavy (non-hydrogen) atoms. The minimum atomic E-state index is -4.50. The summed E-state index contributed by atoms with van der Waals surface area (Å²) in [4.78, 5) is 1.88. The van der Waals surface area contributed by atoms with Crippen LogP contribution in [0.1, 0.15) is 31.2 Å². The van der Waals surface area contributed by atoms with Crippen LogP contribution in [0.5, 0.6) is 0 Å². The van der Waals surface area contributed by atoms with Crippen LogP contribution >= 0.6 is 0 Å². The molecule has 1 N–H and O–H groups in total. The van der Waals surface area contributed by atoms with Gasteiger partial charge in [-0.25, -0.2) is 12.7 Å². The monoisotopic (exact) mass is 492 g/mol. The van der Waals surface area contributed by atoms with Crippen LogP contribution < -0.4 is 0 Å². The summed E-state index contributed by atoms with van der Waals surface area (Å²) in [6, 6.07) is 3.63. The van der Waals surface area contributed by atoms with Crippen molar-refractivity contribution in [2.75, 3.05) is 53.6 Å². The number of ether oxygens (including phenoxy) is 1. The molecule has 0 bridgehead atoms. The third kappa shape index (κ3) is 9.01. The van der Waals surface area contributed by atoms with Crippen LogP contribution in [-0.2, 0) is 20.9 Å². The first-order valence-corrected chi connectivity index (χ1v) is 12.6. The minimum Gasteiger partial charge on any atom is -0.395 e. The first-order valence-electron chi connectivity index (χ1n) is 11.2. The van der Waals surface area contributed by atoms with Gasteiger partial charge in [-0.1, -0.05) is 12.2 Å². The van der Waals surface area contributed by atoms with Crippen molar-refractivity contribution >= 4 is 10.0 Å². The fraction of sp³-hybridized carbons (Fsp3) is 0.652. The molecule has 0 atom stereocenters. The minimum absolute atomic E-state index is 0.129. The average Bonchev–Trinajstić information content (AvgIpc) is 2.77. The maximum atomic E-state index is 12.7. The SMILES string of the molecule is CN(C/C=C/COCC1CCC(CN(C)S(=O)(=O)c2ccc(C(F)(F)F)cc2)CC1)CCO. The Bertz CT molecular complexity index is 836. The Labute approximate surface area is 195 Å². The smallest absolute Gasteiger partial charge is 0.395 e. The van der Waals surface area contributed by atoms with Gasteiger partial charge in [-0.05, 0) is 68.8 Å². The highest BCUT2D eigenvalue weighted by molar-refractivity contribution is 7.89. The van der Waals surface area contributed by atoms with Gasteiger partial charge in [-0.3, -0.25) is 0 Å². The highest BCUT2D eigenvalue weighted by atomic mass is 32.2. The number of nitrogens with zero attached hydrogens (tertiary/aromatic N) is 2. The molecule has 6 nitrogen and oxygen atoms in total. The fourth-order valence-corrected chi connectivity index (χ4v) is 5.17. The van der Waals surface area contributed by atoms with Crippen LogP contribution in [0, 0.1) is 11.8 Å². The zero-order valence-electron chi connectivity index (χ0n) is 19.3. The lowest BCUT2D eigenvalue weighted by Gasteiger charge is -2.30. The van der Waals surface area contributed by atoms with E-state index in [-0.39, 0.29) is 17.4 Å². The molecule has 1 fully saturated rings. The van der Waals surface area contributed by atoms with E-state index in [0.717, 1.165) is 56.5 Å². The Balaban J connectivity index is 1.73. The second kappa shape index (κ2) is 12.9. The molecule has 0 unspecified atom stereocenters. The average molecular weight is 493 g/mol. The van der Waals surface area contributed by atoms with Crippen molar-refractivity contribution < 1.29 is 31.4 Å². The van der Waals surface area contributed by atoms with Crippen LogP contribution in [0.25, 0.3) is 0 Å². The molecule has 1 saturated carbocycles. The van der Waals surface area contributed by atoms with Gasteiger partial charge >= 0.3 is 6.18 Å². The predicted octanol–water partition coefficient (Wildman–Crippen LogP) is 3.63. The first kappa shape index (κ1) is 27.8. The van der Waals surface area contributed by atoms with Gasteiger partial charge < -0.3 is 14.7 Å². The van der Waals surface area contributed by atoms with E-state index < -0.39 is 21.8 Å². The number of hydrogen-bond acceptors (Lipinski definition) is 5. The van der Waals surface area contributed by atoms with Crippen LogP contribution in [0.3, 0.4) is 0 Å². The molecule has 0 aliphatic heterocycles. The standard InChI is InChI=1S/C23H35F3N2O4S/c1-27(14-15-29)13-3-4-16-32-18-20-7-5-19(6-8-20)17-28(2)33(30,31)22-11-9-21(10-12-22)23(24,25)26/h3-4,9-12,19-20,29H,5-8,13-18H2,1-2H3/b4-3+. The summed E-state index contributed by atoms with van der Waals surface area (Å²) in [5, 5.41) is 8.86. The fourth-order valence-electron chi connectivity index (χ4n) is 3.93. The number of benzene rings is 1. The number of rotatable bonds is 12. The number of hydrogen-bond donors (Lipinski definition) is 1. The molecule has 1 aromatic carbocycles. The maximum Gasteiger partial charge on any atom is 0.416 e. The Hall–Kier alpha value is -1.46. The lowest BCUT2D eigenvalue weighted by atomic mass is 9.82. The van der Waals surface area contributed by atoms with Crippen molar-refractivity contribution in [2.24, 2.45) is 11.8 Å². The quantitative estimate of drug-likeness (QED) is 0.357. The van der Waals surface area contributed by atoms with Crippen LogP contribution in [0.15, 0.2) is 41.3 Å². The summed E-state index contributed by atoms with van der Waals surface area (Å²) in [6.45, 7) is 3.10. The van der Waals surface area contributed by atoms with Gasteiger partial charge in [0.1, 0.15) is 0 Å². The molecule has 188 valence electrons. The number of aliphatic hydroxyl groups excluding tert-OH is 1.